The molecule has 0 bridgehead atoms. The van der Waals surface area contributed by atoms with E-state index in [4.69, 9.17) is 5.73 Å². The molecule has 2 N–H and O–H groups in total. The van der Waals surface area contributed by atoms with E-state index in [1.54, 1.807) is 6.08 Å². The van der Waals surface area contributed by atoms with Gasteiger partial charge in [0.1, 0.15) is 0 Å². The van der Waals surface area contributed by atoms with Crippen molar-refractivity contribution >= 4 is 0 Å². The van der Waals surface area contributed by atoms with Gasteiger partial charge in [-0.25, -0.2) is 0 Å². The maximum absolute atomic E-state index is 5.75. The van der Waals surface area contributed by atoms with Crippen molar-refractivity contribution in [3.63, 3.8) is 0 Å². The van der Waals surface area contributed by atoms with E-state index in [-0.39, 0.29) is 0 Å². The third-order valence-corrected chi connectivity index (χ3v) is 1.50. The Morgan fingerprint density at radius 2 is 2.09 bits per heavy atom. The van der Waals surface area contributed by atoms with E-state index in [0.29, 0.717) is 0 Å². The van der Waals surface area contributed by atoms with Gasteiger partial charge in [-0.05, 0) is 24.5 Å². The molecule has 0 aliphatic carbocycles. The van der Waals surface area contributed by atoms with E-state index in [0.717, 1.165) is 18.5 Å². The zero-order valence-electron chi connectivity index (χ0n) is 7.43. The molecule has 0 aromatic rings. The SMILES string of the molecule is C=C/C=C(N)\C(=C/CC)CC. The Morgan fingerprint density at radius 1 is 1.45 bits per heavy atom. The second kappa shape index (κ2) is 5.78. The van der Waals surface area contributed by atoms with E-state index in [2.05, 4.69) is 26.5 Å². The molecule has 0 aliphatic rings. The molecule has 0 atom stereocenters. The summed E-state index contributed by atoms with van der Waals surface area (Å²) in [5.41, 5.74) is 7.80. The lowest BCUT2D eigenvalue weighted by Crippen LogP contribution is -1.99. The van der Waals surface area contributed by atoms with Gasteiger partial charge < -0.3 is 5.73 Å². The molecule has 0 amide bonds. The lowest BCUT2D eigenvalue weighted by atomic mass is 10.1. The molecular weight excluding hydrogens is 134 g/mol. The predicted octanol–water partition coefficient (Wildman–Crippen LogP) is 2.76. The Morgan fingerprint density at radius 3 is 2.45 bits per heavy atom. The summed E-state index contributed by atoms with van der Waals surface area (Å²) in [5.74, 6) is 0. The maximum Gasteiger partial charge on any atom is 0.0343 e. The minimum Gasteiger partial charge on any atom is -0.399 e. The summed E-state index contributed by atoms with van der Waals surface area (Å²) in [4.78, 5) is 0. The van der Waals surface area contributed by atoms with E-state index >= 15 is 0 Å². The molecule has 0 heterocycles. The van der Waals surface area contributed by atoms with Crippen LogP contribution in [-0.2, 0) is 0 Å². The fourth-order valence-electron chi connectivity index (χ4n) is 0.947. The van der Waals surface area contributed by atoms with Gasteiger partial charge >= 0.3 is 0 Å². The van der Waals surface area contributed by atoms with Crippen LogP contribution in [0.5, 0.6) is 0 Å². The fourth-order valence-corrected chi connectivity index (χ4v) is 0.947. The van der Waals surface area contributed by atoms with Gasteiger partial charge in [-0.15, -0.1) is 0 Å². The second-order valence-electron chi connectivity index (χ2n) is 2.35. The quantitative estimate of drug-likeness (QED) is 0.614. The number of hydrogen-bond acceptors (Lipinski definition) is 1. The average molecular weight is 151 g/mol. The highest BCUT2D eigenvalue weighted by Gasteiger charge is 1.94. The van der Waals surface area contributed by atoms with Crippen molar-refractivity contribution in [2.75, 3.05) is 0 Å². The van der Waals surface area contributed by atoms with Crippen LogP contribution in [0.3, 0.4) is 0 Å². The van der Waals surface area contributed by atoms with Gasteiger partial charge in [0.2, 0.25) is 0 Å². The van der Waals surface area contributed by atoms with Crippen molar-refractivity contribution in [1.29, 1.82) is 0 Å². The summed E-state index contributed by atoms with van der Waals surface area (Å²) in [6.45, 7) is 7.80. The van der Waals surface area contributed by atoms with Crippen LogP contribution in [-0.4, -0.2) is 0 Å². The van der Waals surface area contributed by atoms with Gasteiger partial charge in [0.25, 0.3) is 0 Å². The smallest absolute Gasteiger partial charge is 0.0343 e. The molecule has 1 nitrogen and oxygen atoms in total. The molecule has 0 aromatic carbocycles. The summed E-state index contributed by atoms with van der Waals surface area (Å²) in [5, 5.41) is 0. The van der Waals surface area contributed by atoms with E-state index < -0.39 is 0 Å². The van der Waals surface area contributed by atoms with Crippen LogP contribution in [0, 0.1) is 0 Å². The molecule has 0 aromatic heterocycles. The first-order chi connectivity index (χ1) is 5.26. The lowest BCUT2D eigenvalue weighted by Gasteiger charge is -2.02. The summed E-state index contributed by atoms with van der Waals surface area (Å²) < 4.78 is 0. The van der Waals surface area contributed by atoms with Crippen LogP contribution < -0.4 is 5.73 Å². The van der Waals surface area contributed by atoms with Crippen LogP contribution in [0.1, 0.15) is 26.7 Å². The summed E-state index contributed by atoms with van der Waals surface area (Å²) in [6.07, 6.45) is 7.73. The zero-order valence-corrected chi connectivity index (χ0v) is 7.43. The summed E-state index contributed by atoms with van der Waals surface area (Å²) in [6, 6.07) is 0. The van der Waals surface area contributed by atoms with E-state index in [1.807, 2.05) is 6.08 Å². The van der Waals surface area contributed by atoms with Crippen LogP contribution >= 0.6 is 0 Å². The van der Waals surface area contributed by atoms with Gasteiger partial charge in [-0.1, -0.05) is 32.6 Å². The first-order valence-corrected chi connectivity index (χ1v) is 4.03. The van der Waals surface area contributed by atoms with Gasteiger partial charge in [-0.2, -0.15) is 0 Å². The molecule has 0 spiro atoms. The predicted molar refractivity (Wildman–Crippen MR) is 51.1 cm³/mol. The number of nitrogens with two attached hydrogens (primary N) is 1. The van der Waals surface area contributed by atoms with Crippen molar-refractivity contribution in [3.8, 4) is 0 Å². The number of allylic oxidation sites excluding steroid dienone is 4. The van der Waals surface area contributed by atoms with Gasteiger partial charge in [0, 0.05) is 5.70 Å². The van der Waals surface area contributed by atoms with Crippen molar-refractivity contribution < 1.29 is 0 Å². The lowest BCUT2D eigenvalue weighted by molar-refractivity contribution is 1.05. The third kappa shape index (κ3) is 3.66. The molecule has 0 rings (SSSR count). The number of hydrogen-bond donors (Lipinski definition) is 1. The highest BCUT2D eigenvalue weighted by Crippen LogP contribution is 2.09. The molecule has 11 heavy (non-hydrogen) atoms. The van der Waals surface area contributed by atoms with Gasteiger partial charge in [0.05, 0.1) is 0 Å². The average Bonchev–Trinajstić information content (AvgIpc) is 2.00. The molecule has 0 fully saturated rings. The molecule has 62 valence electrons. The Hall–Kier alpha value is -0.980. The fraction of sp³-hybridized carbons (Fsp3) is 0.400. The molecule has 0 unspecified atom stereocenters. The molecular formula is C10H17N. The minimum atomic E-state index is 0.837. The Labute approximate surface area is 69.3 Å². The maximum atomic E-state index is 5.75. The van der Waals surface area contributed by atoms with Crippen LogP contribution in [0.4, 0.5) is 0 Å². The molecule has 1 heteroatoms. The van der Waals surface area contributed by atoms with Crippen molar-refractivity contribution in [1.82, 2.24) is 0 Å². The Kier molecular flexibility index (Phi) is 5.26. The number of rotatable bonds is 4. The Bertz CT molecular complexity index is 175. The van der Waals surface area contributed by atoms with Crippen molar-refractivity contribution in [3.05, 3.63) is 36.1 Å². The van der Waals surface area contributed by atoms with Gasteiger partial charge in [-0.3, -0.25) is 0 Å². The standard InChI is InChI=1S/C10H17N/c1-4-7-9(6-3)10(11)8-5-2/h5,7-8H,2,4,6,11H2,1,3H3/b9-7-,10-8+. The topological polar surface area (TPSA) is 26.0 Å². The highest BCUT2D eigenvalue weighted by molar-refractivity contribution is 5.30. The van der Waals surface area contributed by atoms with Crippen molar-refractivity contribution in [2.24, 2.45) is 5.73 Å². The first-order valence-electron chi connectivity index (χ1n) is 4.03. The first kappa shape index (κ1) is 10.0. The highest BCUT2D eigenvalue weighted by atomic mass is 14.6. The van der Waals surface area contributed by atoms with Crippen LogP contribution in [0.15, 0.2) is 36.1 Å². The summed E-state index contributed by atoms with van der Waals surface area (Å²) in [7, 11) is 0. The molecule has 0 aliphatic heterocycles. The zero-order chi connectivity index (χ0) is 8.69. The van der Waals surface area contributed by atoms with Crippen molar-refractivity contribution in [2.45, 2.75) is 26.7 Å². The molecule has 0 radical (unpaired) electrons. The minimum absolute atomic E-state index is 0.837. The summed E-state index contributed by atoms with van der Waals surface area (Å²) >= 11 is 0. The largest absolute Gasteiger partial charge is 0.399 e. The third-order valence-electron chi connectivity index (χ3n) is 1.50. The second-order valence-corrected chi connectivity index (χ2v) is 2.35. The molecule has 0 saturated carbocycles. The van der Waals surface area contributed by atoms with E-state index in [9.17, 15) is 0 Å². The Balaban J connectivity index is 4.37. The van der Waals surface area contributed by atoms with Crippen LogP contribution in [0.2, 0.25) is 0 Å². The molecule has 0 saturated heterocycles. The van der Waals surface area contributed by atoms with Gasteiger partial charge in [0.15, 0.2) is 0 Å². The van der Waals surface area contributed by atoms with Crippen LogP contribution in [0.25, 0.3) is 0 Å². The monoisotopic (exact) mass is 151 g/mol. The normalized spacial score (nSPS) is 13.3. The van der Waals surface area contributed by atoms with E-state index in [1.165, 1.54) is 5.57 Å².